The van der Waals surface area contributed by atoms with Gasteiger partial charge in [-0.1, -0.05) is 13.3 Å². The van der Waals surface area contributed by atoms with E-state index >= 15 is 0 Å². The monoisotopic (exact) mass is 232 g/mol. The van der Waals surface area contributed by atoms with E-state index in [1.54, 1.807) is 6.92 Å². The van der Waals surface area contributed by atoms with Crippen LogP contribution in [0.4, 0.5) is 13.6 Å². The van der Waals surface area contributed by atoms with Crippen molar-refractivity contribution in [3.05, 3.63) is 23.3 Å². The van der Waals surface area contributed by atoms with Crippen LogP contribution in [0.15, 0.2) is 6.07 Å². The number of aromatic hydroxyl groups is 1. The van der Waals surface area contributed by atoms with E-state index in [4.69, 9.17) is 5.11 Å². The van der Waals surface area contributed by atoms with Crippen molar-refractivity contribution < 1.29 is 28.5 Å². The predicted octanol–water partition coefficient (Wildman–Crippen LogP) is 2.68. The lowest BCUT2D eigenvalue weighted by Crippen LogP contribution is -2.06. The quantitative estimate of drug-likeness (QED) is 0.621. The van der Waals surface area contributed by atoms with Gasteiger partial charge in [0, 0.05) is 11.6 Å². The molecule has 2 N–H and O–H groups in total. The van der Waals surface area contributed by atoms with Gasteiger partial charge in [0.25, 0.3) is 0 Å². The number of carbonyl (C=O) groups is 1. The minimum Gasteiger partial charge on any atom is -0.504 e. The molecule has 0 fully saturated rings. The van der Waals surface area contributed by atoms with Crippen LogP contribution in [-0.4, -0.2) is 16.4 Å². The van der Waals surface area contributed by atoms with Gasteiger partial charge in [0.2, 0.25) is 0 Å². The third kappa shape index (κ3) is 2.39. The first-order valence-electron chi connectivity index (χ1n) is 4.58. The number of phenols is 1. The van der Waals surface area contributed by atoms with Gasteiger partial charge < -0.3 is 14.9 Å². The first kappa shape index (κ1) is 12.2. The molecule has 1 aromatic carbocycles. The summed E-state index contributed by atoms with van der Waals surface area (Å²) in [5.74, 6) is -3.72. The maximum Gasteiger partial charge on any atom is 0.511 e. The second kappa shape index (κ2) is 4.78. The van der Waals surface area contributed by atoms with Crippen molar-refractivity contribution in [2.75, 3.05) is 0 Å². The van der Waals surface area contributed by atoms with Crippen molar-refractivity contribution in [2.24, 2.45) is 0 Å². The lowest BCUT2D eigenvalue weighted by Gasteiger charge is -2.09. The highest BCUT2D eigenvalue weighted by molar-refractivity contribution is 5.63. The molecule has 0 saturated carbocycles. The Morgan fingerprint density at radius 1 is 1.50 bits per heavy atom. The van der Waals surface area contributed by atoms with E-state index in [2.05, 4.69) is 4.74 Å². The SMILES string of the molecule is CCCc1c(O)c(OC(=O)O)cc(F)c1F. The summed E-state index contributed by atoms with van der Waals surface area (Å²) in [5, 5.41) is 17.8. The molecule has 0 heterocycles. The number of halogens is 2. The fourth-order valence-corrected chi connectivity index (χ4v) is 1.29. The average molecular weight is 232 g/mol. The van der Waals surface area contributed by atoms with Crippen LogP contribution in [-0.2, 0) is 6.42 Å². The molecule has 6 heteroatoms. The van der Waals surface area contributed by atoms with E-state index in [0.29, 0.717) is 12.5 Å². The van der Waals surface area contributed by atoms with Crippen LogP contribution >= 0.6 is 0 Å². The molecule has 1 rings (SSSR count). The van der Waals surface area contributed by atoms with E-state index < -0.39 is 29.3 Å². The standard InChI is InChI=1S/C10H10F2O4/c1-2-3-5-8(12)6(11)4-7(9(5)13)16-10(14)15/h4,13H,2-3H2,1H3,(H,14,15). The van der Waals surface area contributed by atoms with Gasteiger partial charge in [-0.2, -0.15) is 0 Å². The largest absolute Gasteiger partial charge is 0.511 e. The Bertz CT molecular complexity index is 418. The van der Waals surface area contributed by atoms with Crippen molar-refractivity contribution in [3.8, 4) is 11.5 Å². The summed E-state index contributed by atoms with van der Waals surface area (Å²) in [4.78, 5) is 10.2. The molecule has 0 unspecified atom stereocenters. The summed E-state index contributed by atoms with van der Waals surface area (Å²) in [7, 11) is 0. The third-order valence-corrected chi connectivity index (χ3v) is 1.95. The Morgan fingerprint density at radius 3 is 2.62 bits per heavy atom. The zero-order valence-corrected chi connectivity index (χ0v) is 8.46. The van der Waals surface area contributed by atoms with Gasteiger partial charge in [-0.3, -0.25) is 0 Å². The molecule has 16 heavy (non-hydrogen) atoms. The summed E-state index contributed by atoms with van der Waals surface area (Å²) >= 11 is 0. The number of hydrogen-bond acceptors (Lipinski definition) is 3. The molecule has 0 aliphatic carbocycles. The summed E-state index contributed by atoms with van der Waals surface area (Å²) in [6.45, 7) is 1.71. The molecular formula is C10H10F2O4. The number of hydrogen-bond donors (Lipinski definition) is 2. The van der Waals surface area contributed by atoms with Gasteiger partial charge in [0.1, 0.15) is 0 Å². The minimum atomic E-state index is -1.70. The van der Waals surface area contributed by atoms with Crippen molar-refractivity contribution in [3.63, 3.8) is 0 Å². The molecule has 0 spiro atoms. The summed E-state index contributed by atoms with van der Waals surface area (Å²) in [6, 6.07) is 0.498. The molecule has 0 saturated heterocycles. The van der Waals surface area contributed by atoms with Crippen LogP contribution < -0.4 is 4.74 Å². The lowest BCUT2D eigenvalue weighted by molar-refractivity contribution is 0.142. The molecule has 4 nitrogen and oxygen atoms in total. The summed E-state index contributed by atoms with van der Waals surface area (Å²) in [6.07, 6.45) is -1.14. The van der Waals surface area contributed by atoms with Crippen molar-refractivity contribution in [2.45, 2.75) is 19.8 Å². The van der Waals surface area contributed by atoms with Crippen molar-refractivity contribution in [1.29, 1.82) is 0 Å². The second-order valence-electron chi connectivity index (χ2n) is 3.12. The second-order valence-corrected chi connectivity index (χ2v) is 3.12. The molecule has 0 aliphatic rings. The van der Waals surface area contributed by atoms with Gasteiger partial charge in [-0.05, 0) is 6.42 Å². The van der Waals surface area contributed by atoms with Gasteiger partial charge >= 0.3 is 6.16 Å². The Labute approximate surface area is 90.1 Å². The zero-order chi connectivity index (χ0) is 12.3. The summed E-state index contributed by atoms with van der Waals surface area (Å²) < 4.78 is 30.4. The molecule has 88 valence electrons. The van der Waals surface area contributed by atoms with Crippen LogP contribution in [0.3, 0.4) is 0 Å². The smallest absolute Gasteiger partial charge is 0.504 e. The van der Waals surface area contributed by atoms with Crippen LogP contribution in [0.5, 0.6) is 11.5 Å². The topological polar surface area (TPSA) is 66.8 Å². The molecule has 0 atom stereocenters. The Kier molecular flexibility index (Phi) is 3.65. The highest BCUT2D eigenvalue weighted by atomic mass is 19.2. The normalized spacial score (nSPS) is 10.2. The molecule has 1 aromatic rings. The highest BCUT2D eigenvalue weighted by Crippen LogP contribution is 2.34. The fourth-order valence-electron chi connectivity index (χ4n) is 1.29. The first-order chi connectivity index (χ1) is 7.47. The number of rotatable bonds is 3. The van der Waals surface area contributed by atoms with E-state index in [0.717, 1.165) is 0 Å². The summed E-state index contributed by atoms with van der Waals surface area (Å²) in [5.41, 5.74) is -0.279. The van der Waals surface area contributed by atoms with Crippen LogP contribution in [0, 0.1) is 11.6 Å². The number of carboxylic acid groups (broad SMARTS) is 1. The zero-order valence-electron chi connectivity index (χ0n) is 8.46. The molecular weight excluding hydrogens is 222 g/mol. The Hall–Kier alpha value is -1.85. The van der Waals surface area contributed by atoms with E-state index in [1.807, 2.05) is 0 Å². The maximum absolute atomic E-state index is 13.2. The van der Waals surface area contributed by atoms with Crippen LogP contribution in [0.25, 0.3) is 0 Å². The third-order valence-electron chi connectivity index (χ3n) is 1.95. The van der Waals surface area contributed by atoms with Crippen LogP contribution in [0.2, 0.25) is 0 Å². The van der Waals surface area contributed by atoms with Crippen molar-refractivity contribution in [1.82, 2.24) is 0 Å². The molecule has 0 aliphatic heterocycles. The molecule has 0 radical (unpaired) electrons. The van der Waals surface area contributed by atoms with Gasteiger partial charge in [-0.15, -0.1) is 0 Å². The Balaban J connectivity index is 3.26. The highest BCUT2D eigenvalue weighted by Gasteiger charge is 2.19. The fraction of sp³-hybridized carbons (Fsp3) is 0.300. The van der Waals surface area contributed by atoms with E-state index in [9.17, 15) is 18.7 Å². The minimum absolute atomic E-state index is 0.0887. The molecule has 0 bridgehead atoms. The first-order valence-corrected chi connectivity index (χ1v) is 4.58. The molecule has 0 aromatic heterocycles. The number of phenolic OH excluding ortho intramolecular Hbond substituents is 1. The van der Waals surface area contributed by atoms with Gasteiger partial charge in [0.15, 0.2) is 23.1 Å². The lowest BCUT2D eigenvalue weighted by atomic mass is 10.1. The van der Waals surface area contributed by atoms with E-state index in [1.165, 1.54) is 0 Å². The van der Waals surface area contributed by atoms with Gasteiger partial charge in [0.05, 0.1) is 0 Å². The Morgan fingerprint density at radius 2 is 2.12 bits per heavy atom. The van der Waals surface area contributed by atoms with Crippen molar-refractivity contribution >= 4 is 6.16 Å². The number of ether oxygens (including phenoxy) is 1. The predicted molar refractivity (Wildman–Crippen MR) is 50.7 cm³/mol. The maximum atomic E-state index is 13.2. The molecule has 0 amide bonds. The van der Waals surface area contributed by atoms with E-state index in [-0.39, 0.29) is 12.0 Å². The number of benzene rings is 1. The van der Waals surface area contributed by atoms with Gasteiger partial charge in [-0.25, -0.2) is 13.6 Å². The van der Waals surface area contributed by atoms with Crippen LogP contribution in [0.1, 0.15) is 18.9 Å². The average Bonchev–Trinajstić information content (AvgIpc) is 2.20.